The molecule has 0 unspecified atom stereocenters. The molecule has 0 spiro atoms. The van der Waals surface area contributed by atoms with E-state index >= 15 is 0 Å². The highest BCUT2D eigenvalue weighted by molar-refractivity contribution is 7.71. The molecule has 0 aliphatic rings. The van der Waals surface area contributed by atoms with Crippen molar-refractivity contribution in [3.8, 4) is 11.1 Å². The van der Waals surface area contributed by atoms with Crippen LogP contribution in [0.1, 0.15) is 5.56 Å². The Hall–Kier alpha value is -2.59. The maximum Gasteiger partial charge on any atom is 0.201 e. The average Bonchev–Trinajstić information content (AvgIpc) is 2.59. The lowest BCUT2D eigenvalue weighted by atomic mass is 10.00. The second-order valence-corrected chi connectivity index (χ2v) is 6.12. The number of aryl methyl sites for hydroxylation is 1. The van der Waals surface area contributed by atoms with Crippen molar-refractivity contribution in [3.63, 3.8) is 0 Å². The third kappa shape index (κ3) is 2.31. The Morgan fingerprint density at radius 1 is 0.792 bits per heavy atom. The fourth-order valence-electron chi connectivity index (χ4n) is 2.87. The summed E-state index contributed by atoms with van der Waals surface area (Å²) in [6.07, 6.45) is 0. The monoisotopic (exact) mass is 338 g/mol. The van der Waals surface area contributed by atoms with Crippen molar-refractivity contribution in [1.82, 2.24) is 0 Å². The van der Waals surface area contributed by atoms with E-state index in [-0.39, 0.29) is 10.3 Å². The number of hydrogen-bond acceptors (Lipinski definition) is 2. The molecule has 118 valence electrons. The minimum atomic E-state index is -1.01. The van der Waals surface area contributed by atoms with E-state index in [4.69, 9.17) is 16.6 Å². The lowest BCUT2D eigenvalue weighted by Crippen LogP contribution is -1.88. The molecule has 0 amide bonds. The maximum absolute atomic E-state index is 14.0. The molecule has 0 aliphatic carbocycles. The molecule has 1 heterocycles. The van der Waals surface area contributed by atoms with Gasteiger partial charge in [0.15, 0.2) is 16.1 Å². The topological polar surface area (TPSA) is 13.1 Å². The van der Waals surface area contributed by atoms with Crippen molar-refractivity contribution in [2.75, 3.05) is 0 Å². The van der Waals surface area contributed by atoms with Gasteiger partial charge in [-0.2, -0.15) is 4.39 Å². The van der Waals surface area contributed by atoms with E-state index in [1.165, 1.54) is 11.6 Å². The number of benzene rings is 3. The predicted octanol–water partition coefficient (Wildman–Crippen LogP) is 6.57. The van der Waals surface area contributed by atoms with Crippen LogP contribution in [0.2, 0.25) is 0 Å². The summed E-state index contributed by atoms with van der Waals surface area (Å²) in [5.74, 6) is -1.96. The molecule has 0 radical (unpaired) electrons. The maximum atomic E-state index is 14.0. The first kappa shape index (κ1) is 15.0. The molecule has 0 saturated carbocycles. The molecule has 3 aromatic carbocycles. The van der Waals surface area contributed by atoms with Gasteiger partial charge in [-0.15, -0.1) is 0 Å². The van der Waals surface area contributed by atoms with E-state index in [0.29, 0.717) is 10.8 Å². The Bertz CT molecular complexity index is 1140. The largest absolute Gasteiger partial charge is 0.441 e. The zero-order chi connectivity index (χ0) is 16.8. The average molecular weight is 338 g/mol. The Kier molecular flexibility index (Phi) is 3.43. The molecule has 0 saturated heterocycles. The second-order valence-electron chi connectivity index (χ2n) is 5.75. The molecule has 4 rings (SSSR count). The fourth-order valence-corrected chi connectivity index (χ4v) is 3.12. The van der Waals surface area contributed by atoms with Crippen molar-refractivity contribution in [2.45, 2.75) is 6.92 Å². The zero-order valence-corrected chi connectivity index (χ0v) is 13.6. The van der Waals surface area contributed by atoms with E-state index in [1.807, 2.05) is 49.4 Å². The Labute approximate surface area is 142 Å². The van der Waals surface area contributed by atoms with Crippen molar-refractivity contribution >= 4 is 34.0 Å². The summed E-state index contributed by atoms with van der Waals surface area (Å²) in [7, 11) is 0. The van der Waals surface area contributed by atoms with Gasteiger partial charge < -0.3 is 4.42 Å². The van der Waals surface area contributed by atoms with Crippen LogP contribution in [0.15, 0.2) is 59.0 Å². The summed E-state index contributed by atoms with van der Waals surface area (Å²) in [5, 5.41) is 1.96. The number of rotatable bonds is 1. The first-order valence-corrected chi connectivity index (χ1v) is 7.87. The molecule has 1 nitrogen and oxygen atoms in total. The summed E-state index contributed by atoms with van der Waals surface area (Å²) in [4.78, 5) is 0. The summed E-state index contributed by atoms with van der Waals surface area (Å²) < 4.78 is 32.9. The molecular weight excluding hydrogens is 326 g/mol. The lowest BCUT2D eigenvalue weighted by molar-refractivity contribution is 0.486. The minimum absolute atomic E-state index is 0.143. The summed E-state index contributed by atoms with van der Waals surface area (Å²) in [5.41, 5.74) is 3.09. The van der Waals surface area contributed by atoms with E-state index in [1.54, 1.807) is 0 Å². The number of halogens is 2. The summed E-state index contributed by atoms with van der Waals surface area (Å²) in [6.45, 7) is 2.03. The van der Waals surface area contributed by atoms with Crippen molar-refractivity contribution in [3.05, 3.63) is 76.5 Å². The van der Waals surface area contributed by atoms with Gasteiger partial charge in [-0.05, 0) is 53.9 Å². The van der Waals surface area contributed by atoms with Gasteiger partial charge in [0.2, 0.25) is 5.82 Å². The highest BCUT2D eigenvalue weighted by atomic mass is 32.1. The van der Waals surface area contributed by atoms with E-state index < -0.39 is 11.6 Å². The molecule has 4 aromatic rings. The zero-order valence-electron chi connectivity index (χ0n) is 12.8. The van der Waals surface area contributed by atoms with Gasteiger partial charge in [-0.25, -0.2) is 4.39 Å². The molecular formula is C20H12F2OS. The van der Waals surface area contributed by atoms with Crippen LogP contribution in [0, 0.1) is 23.3 Å². The van der Waals surface area contributed by atoms with Crippen molar-refractivity contribution < 1.29 is 13.2 Å². The quantitative estimate of drug-likeness (QED) is 0.288. The molecule has 0 aliphatic heterocycles. The molecule has 4 heteroatoms. The SMILES string of the molecule is Cc1ccc(-c2ccc3c(c2)c(=S)oc2c(F)c(F)ccc23)cc1. The van der Waals surface area contributed by atoms with Crippen LogP contribution in [-0.4, -0.2) is 0 Å². The highest BCUT2D eigenvalue weighted by Gasteiger charge is 2.13. The van der Waals surface area contributed by atoms with Gasteiger partial charge in [0, 0.05) is 10.8 Å². The third-order valence-corrected chi connectivity index (χ3v) is 4.46. The van der Waals surface area contributed by atoms with Gasteiger partial charge in [0.25, 0.3) is 0 Å². The normalized spacial score (nSPS) is 11.3. The molecule has 0 bridgehead atoms. The highest BCUT2D eigenvalue weighted by Crippen LogP contribution is 2.32. The smallest absolute Gasteiger partial charge is 0.201 e. The summed E-state index contributed by atoms with van der Waals surface area (Å²) in [6, 6.07) is 16.5. The van der Waals surface area contributed by atoms with Crippen molar-refractivity contribution in [2.24, 2.45) is 0 Å². The Balaban J connectivity index is 2.03. The number of hydrogen-bond donors (Lipinski definition) is 0. The molecule has 0 fully saturated rings. The Morgan fingerprint density at radius 3 is 2.21 bits per heavy atom. The standard InChI is InChI=1S/C20H12F2OS/c1-11-2-4-12(5-3-11)13-6-7-14-15-8-9-17(21)18(22)19(15)23-20(24)16(14)10-13/h2-10H,1H3. The lowest BCUT2D eigenvalue weighted by Gasteiger charge is -2.08. The van der Waals surface area contributed by atoms with E-state index in [0.717, 1.165) is 22.6 Å². The minimum Gasteiger partial charge on any atom is -0.441 e. The first-order chi connectivity index (χ1) is 11.5. The Morgan fingerprint density at radius 2 is 1.46 bits per heavy atom. The van der Waals surface area contributed by atoms with Crippen LogP contribution in [0.4, 0.5) is 8.78 Å². The van der Waals surface area contributed by atoms with Crippen LogP contribution in [0.25, 0.3) is 32.9 Å². The van der Waals surface area contributed by atoms with Gasteiger partial charge in [-0.3, -0.25) is 0 Å². The van der Waals surface area contributed by atoms with Gasteiger partial charge in [0.05, 0.1) is 0 Å². The van der Waals surface area contributed by atoms with E-state index in [9.17, 15) is 8.78 Å². The van der Waals surface area contributed by atoms with Crippen LogP contribution >= 0.6 is 12.2 Å². The molecule has 1 aromatic heterocycles. The van der Waals surface area contributed by atoms with Gasteiger partial charge in [-0.1, -0.05) is 42.0 Å². The van der Waals surface area contributed by atoms with E-state index in [2.05, 4.69) is 0 Å². The third-order valence-electron chi connectivity index (χ3n) is 4.16. The molecule has 24 heavy (non-hydrogen) atoms. The summed E-state index contributed by atoms with van der Waals surface area (Å²) >= 11 is 5.26. The predicted molar refractivity (Wildman–Crippen MR) is 94.6 cm³/mol. The molecule has 0 N–H and O–H groups in total. The van der Waals surface area contributed by atoms with Crippen LogP contribution in [0.3, 0.4) is 0 Å². The number of fused-ring (bicyclic) bond motifs is 3. The first-order valence-electron chi connectivity index (χ1n) is 7.46. The van der Waals surface area contributed by atoms with Crippen LogP contribution in [0.5, 0.6) is 0 Å². The van der Waals surface area contributed by atoms with Crippen LogP contribution < -0.4 is 0 Å². The molecule has 0 atom stereocenters. The van der Waals surface area contributed by atoms with Crippen molar-refractivity contribution in [1.29, 1.82) is 0 Å². The van der Waals surface area contributed by atoms with Crippen LogP contribution in [-0.2, 0) is 0 Å². The second kappa shape index (κ2) is 5.49. The van der Waals surface area contributed by atoms with Gasteiger partial charge in [0.1, 0.15) is 0 Å². The van der Waals surface area contributed by atoms with Gasteiger partial charge >= 0.3 is 0 Å². The fraction of sp³-hybridized carbons (Fsp3) is 0.0500.